The molecule has 2 aromatic rings. The second kappa shape index (κ2) is 8.39. The number of hydrogen-bond acceptors (Lipinski definition) is 2. The summed E-state index contributed by atoms with van der Waals surface area (Å²) in [4.78, 5) is 0. The molecular formula is C18H22N2OS. The minimum Gasteiger partial charge on any atom is -0.491 e. The zero-order chi connectivity index (χ0) is 15.8. The van der Waals surface area contributed by atoms with Crippen molar-refractivity contribution in [2.75, 3.05) is 17.2 Å². The van der Waals surface area contributed by atoms with Crippen molar-refractivity contribution in [2.45, 2.75) is 26.7 Å². The first-order valence-electron chi connectivity index (χ1n) is 7.61. The Morgan fingerprint density at radius 1 is 1.05 bits per heavy atom. The van der Waals surface area contributed by atoms with Crippen molar-refractivity contribution in [3.8, 4) is 5.75 Å². The zero-order valence-corrected chi connectivity index (χ0v) is 13.9. The Hall–Kier alpha value is -2.07. The molecule has 0 radical (unpaired) electrons. The third-order valence-corrected chi connectivity index (χ3v) is 3.39. The Kier molecular flexibility index (Phi) is 6.22. The number of nitrogens with one attached hydrogen (secondary N) is 2. The molecule has 0 aliphatic carbocycles. The number of para-hydroxylation sites is 2. The summed E-state index contributed by atoms with van der Waals surface area (Å²) in [6, 6.07) is 16.1. The van der Waals surface area contributed by atoms with E-state index in [1.54, 1.807) is 0 Å². The van der Waals surface area contributed by atoms with Gasteiger partial charge in [0.25, 0.3) is 0 Å². The lowest BCUT2D eigenvalue weighted by atomic mass is 10.1. The molecular weight excluding hydrogens is 292 g/mol. The first kappa shape index (κ1) is 16.3. The average Bonchev–Trinajstić information content (AvgIpc) is 2.54. The van der Waals surface area contributed by atoms with E-state index in [1.165, 1.54) is 5.56 Å². The topological polar surface area (TPSA) is 33.3 Å². The first-order chi connectivity index (χ1) is 10.7. The van der Waals surface area contributed by atoms with Gasteiger partial charge in [0, 0.05) is 5.69 Å². The van der Waals surface area contributed by atoms with E-state index in [2.05, 4.69) is 36.6 Å². The number of benzene rings is 2. The van der Waals surface area contributed by atoms with Crippen LogP contribution >= 0.6 is 12.2 Å². The number of ether oxygens (including phenoxy) is 1. The van der Waals surface area contributed by atoms with Gasteiger partial charge in [0.15, 0.2) is 5.11 Å². The molecule has 2 rings (SSSR count). The van der Waals surface area contributed by atoms with Crippen LogP contribution < -0.4 is 15.4 Å². The summed E-state index contributed by atoms with van der Waals surface area (Å²) in [5, 5.41) is 6.97. The van der Waals surface area contributed by atoms with Crippen LogP contribution in [0.2, 0.25) is 0 Å². The minimum absolute atomic E-state index is 0.556. The molecule has 3 nitrogen and oxygen atoms in total. The van der Waals surface area contributed by atoms with Crippen molar-refractivity contribution >= 4 is 28.7 Å². The van der Waals surface area contributed by atoms with E-state index in [0.29, 0.717) is 11.7 Å². The highest BCUT2D eigenvalue weighted by Gasteiger charge is 2.05. The Bertz CT molecular complexity index is 628. The number of anilines is 2. The van der Waals surface area contributed by atoms with Gasteiger partial charge < -0.3 is 15.4 Å². The minimum atomic E-state index is 0.556. The number of aryl methyl sites for hydroxylation is 1. The number of hydrogen-bond donors (Lipinski definition) is 2. The van der Waals surface area contributed by atoms with E-state index >= 15 is 0 Å². The van der Waals surface area contributed by atoms with E-state index in [9.17, 15) is 0 Å². The fourth-order valence-electron chi connectivity index (χ4n) is 2.06. The van der Waals surface area contributed by atoms with E-state index in [-0.39, 0.29) is 0 Å². The highest BCUT2D eigenvalue weighted by molar-refractivity contribution is 7.80. The van der Waals surface area contributed by atoms with Crippen molar-refractivity contribution < 1.29 is 4.74 Å². The van der Waals surface area contributed by atoms with Gasteiger partial charge >= 0.3 is 0 Å². The monoisotopic (exact) mass is 314 g/mol. The van der Waals surface area contributed by atoms with Crippen LogP contribution in [-0.2, 0) is 6.42 Å². The lowest BCUT2D eigenvalue weighted by molar-refractivity contribution is 0.319. The molecule has 0 unspecified atom stereocenters. The largest absolute Gasteiger partial charge is 0.491 e. The maximum Gasteiger partial charge on any atom is 0.175 e. The average molecular weight is 314 g/mol. The lowest BCUT2D eigenvalue weighted by Gasteiger charge is -2.15. The van der Waals surface area contributed by atoms with Gasteiger partial charge in [-0.05, 0) is 54.9 Å². The van der Waals surface area contributed by atoms with Crippen LogP contribution in [0.3, 0.4) is 0 Å². The van der Waals surface area contributed by atoms with Crippen molar-refractivity contribution in [2.24, 2.45) is 0 Å². The van der Waals surface area contributed by atoms with Gasteiger partial charge in [-0.25, -0.2) is 0 Å². The Labute approximate surface area is 137 Å². The molecule has 0 aliphatic heterocycles. The second-order valence-electron chi connectivity index (χ2n) is 4.98. The molecule has 0 saturated heterocycles. The smallest absolute Gasteiger partial charge is 0.175 e. The van der Waals surface area contributed by atoms with Crippen LogP contribution in [0.4, 0.5) is 11.4 Å². The zero-order valence-electron chi connectivity index (χ0n) is 13.1. The molecule has 0 amide bonds. The van der Waals surface area contributed by atoms with Crippen molar-refractivity contribution in [3.05, 3.63) is 54.1 Å². The predicted octanol–water partition coefficient (Wildman–Crippen LogP) is 4.85. The molecule has 0 bridgehead atoms. The quantitative estimate of drug-likeness (QED) is 0.747. The summed E-state index contributed by atoms with van der Waals surface area (Å²) < 4.78 is 5.72. The normalized spacial score (nSPS) is 10.1. The molecule has 0 spiro atoms. The maximum atomic E-state index is 5.72. The predicted molar refractivity (Wildman–Crippen MR) is 97.9 cm³/mol. The van der Waals surface area contributed by atoms with E-state index in [4.69, 9.17) is 17.0 Å². The fourth-order valence-corrected chi connectivity index (χ4v) is 2.29. The Morgan fingerprint density at radius 3 is 2.64 bits per heavy atom. The molecule has 22 heavy (non-hydrogen) atoms. The van der Waals surface area contributed by atoms with Gasteiger partial charge in [-0.1, -0.05) is 38.1 Å². The van der Waals surface area contributed by atoms with E-state index in [1.807, 2.05) is 36.4 Å². The summed E-state index contributed by atoms with van der Waals surface area (Å²) in [7, 11) is 0. The van der Waals surface area contributed by atoms with Crippen LogP contribution in [0.1, 0.15) is 25.8 Å². The third-order valence-electron chi connectivity index (χ3n) is 3.19. The first-order valence-corrected chi connectivity index (χ1v) is 8.02. The fraction of sp³-hybridized carbons (Fsp3) is 0.278. The SMILES string of the molecule is CCCOc1ccccc1NC(=S)Nc1cccc(CC)c1. The number of thiocarbonyl (C=S) groups is 1. The second-order valence-corrected chi connectivity index (χ2v) is 5.39. The summed E-state index contributed by atoms with van der Waals surface area (Å²) in [6.07, 6.45) is 1.98. The van der Waals surface area contributed by atoms with E-state index < -0.39 is 0 Å². The van der Waals surface area contributed by atoms with Crippen molar-refractivity contribution in [1.29, 1.82) is 0 Å². The van der Waals surface area contributed by atoms with Crippen molar-refractivity contribution in [1.82, 2.24) is 0 Å². The summed E-state index contributed by atoms with van der Waals surface area (Å²) in [6.45, 7) is 4.91. The Morgan fingerprint density at radius 2 is 1.86 bits per heavy atom. The van der Waals surface area contributed by atoms with Gasteiger partial charge in [-0.15, -0.1) is 0 Å². The standard InChI is InChI=1S/C18H22N2OS/c1-3-12-21-17-11-6-5-10-16(17)20-18(22)19-15-9-7-8-14(4-2)13-15/h5-11,13H,3-4,12H2,1-2H3,(H2,19,20,22). The van der Waals surface area contributed by atoms with Crippen LogP contribution in [-0.4, -0.2) is 11.7 Å². The maximum absolute atomic E-state index is 5.72. The van der Waals surface area contributed by atoms with Gasteiger partial charge in [-0.2, -0.15) is 0 Å². The molecule has 0 aliphatic rings. The van der Waals surface area contributed by atoms with Crippen LogP contribution in [0.15, 0.2) is 48.5 Å². The lowest BCUT2D eigenvalue weighted by Crippen LogP contribution is -2.19. The van der Waals surface area contributed by atoms with Crippen LogP contribution in [0.5, 0.6) is 5.75 Å². The highest BCUT2D eigenvalue weighted by Crippen LogP contribution is 2.24. The van der Waals surface area contributed by atoms with Gasteiger partial charge in [0.1, 0.15) is 5.75 Å². The van der Waals surface area contributed by atoms with E-state index in [0.717, 1.165) is 30.0 Å². The third kappa shape index (κ3) is 4.74. The van der Waals surface area contributed by atoms with Gasteiger partial charge in [0.05, 0.1) is 12.3 Å². The summed E-state index contributed by atoms with van der Waals surface area (Å²) in [5.41, 5.74) is 3.14. The molecule has 0 atom stereocenters. The molecule has 0 heterocycles. The summed E-state index contributed by atoms with van der Waals surface area (Å²) in [5.74, 6) is 0.816. The number of rotatable bonds is 6. The van der Waals surface area contributed by atoms with Crippen LogP contribution in [0, 0.1) is 0 Å². The Balaban J connectivity index is 2.02. The molecule has 0 saturated carbocycles. The molecule has 4 heteroatoms. The van der Waals surface area contributed by atoms with Gasteiger partial charge in [0.2, 0.25) is 0 Å². The van der Waals surface area contributed by atoms with Crippen molar-refractivity contribution in [3.63, 3.8) is 0 Å². The highest BCUT2D eigenvalue weighted by atomic mass is 32.1. The molecule has 2 aromatic carbocycles. The van der Waals surface area contributed by atoms with Gasteiger partial charge in [-0.3, -0.25) is 0 Å². The molecule has 0 aromatic heterocycles. The molecule has 116 valence electrons. The molecule has 0 fully saturated rings. The van der Waals surface area contributed by atoms with Crippen LogP contribution in [0.25, 0.3) is 0 Å². The summed E-state index contributed by atoms with van der Waals surface area (Å²) >= 11 is 5.39. The molecule has 2 N–H and O–H groups in total.